The van der Waals surface area contributed by atoms with Gasteiger partial charge in [-0.2, -0.15) is 0 Å². The van der Waals surface area contributed by atoms with Gasteiger partial charge < -0.3 is 19.9 Å². The van der Waals surface area contributed by atoms with Crippen LogP contribution < -0.4 is 10.2 Å². The van der Waals surface area contributed by atoms with E-state index in [0.717, 1.165) is 43.9 Å². The van der Waals surface area contributed by atoms with Crippen molar-refractivity contribution >= 4 is 39.5 Å². The topological polar surface area (TPSA) is 70.4 Å². The van der Waals surface area contributed by atoms with Gasteiger partial charge in [0, 0.05) is 52.4 Å². The van der Waals surface area contributed by atoms with Gasteiger partial charge in [0.1, 0.15) is 5.82 Å². The van der Waals surface area contributed by atoms with Crippen LogP contribution in [0.25, 0.3) is 32.6 Å². The van der Waals surface area contributed by atoms with Gasteiger partial charge in [-0.1, -0.05) is 54.6 Å². The Labute approximate surface area is 252 Å². The Hall–Kier alpha value is -4.79. The van der Waals surface area contributed by atoms with Crippen LogP contribution in [0.5, 0.6) is 0 Å². The predicted octanol–water partition coefficient (Wildman–Crippen LogP) is 7.72. The number of anilines is 2. The zero-order chi connectivity index (χ0) is 29.7. The quantitative estimate of drug-likeness (QED) is 0.216. The maximum Gasteiger partial charge on any atom is 0.265 e. The highest BCUT2D eigenvalue weighted by Crippen LogP contribution is 2.43. The van der Waals surface area contributed by atoms with Crippen molar-refractivity contribution in [1.82, 2.24) is 9.55 Å². The van der Waals surface area contributed by atoms with Crippen molar-refractivity contribution in [3.8, 4) is 21.7 Å². The minimum absolute atomic E-state index is 0.198. The highest BCUT2D eigenvalue weighted by Gasteiger charge is 2.28. The Bertz CT molecular complexity index is 1990. The third-order valence-corrected chi connectivity index (χ3v) is 9.29. The van der Waals surface area contributed by atoms with Crippen molar-refractivity contribution in [2.24, 2.45) is 7.05 Å². The van der Waals surface area contributed by atoms with Gasteiger partial charge in [0.05, 0.1) is 22.0 Å². The van der Waals surface area contributed by atoms with E-state index in [0.29, 0.717) is 29.1 Å². The molecule has 3 aromatic carbocycles. The number of hydrogen-bond donors (Lipinski definition) is 2. The van der Waals surface area contributed by atoms with Gasteiger partial charge in [-0.3, -0.25) is 4.79 Å². The van der Waals surface area contributed by atoms with Crippen LogP contribution in [-0.2, 0) is 13.5 Å². The third kappa shape index (κ3) is 4.78. The number of thiophene rings is 1. The summed E-state index contributed by atoms with van der Waals surface area (Å²) < 4.78 is 16.5. The van der Waals surface area contributed by atoms with E-state index in [1.807, 2.05) is 72.6 Å². The molecule has 0 spiro atoms. The van der Waals surface area contributed by atoms with Gasteiger partial charge in [-0.15, -0.1) is 11.3 Å². The number of aryl methyl sites for hydroxylation is 2. The number of pyridine rings is 1. The molecule has 6 aromatic rings. The Kier molecular flexibility index (Phi) is 6.80. The van der Waals surface area contributed by atoms with E-state index in [9.17, 15) is 14.3 Å². The molecule has 214 valence electrons. The number of carbonyl (C=O) groups excluding carboxylic acids is 1. The van der Waals surface area contributed by atoms with Crippen LogP contribution in [0.1, 0.15) is 32.7 Å². The van der Waals surface area contributed by atoms with Gasteiger partial charge in [0.25, 0.3) is 5.91 Å². The Morgan fingerprint density at radius 1 is 1.00 bits per heavy atom. The maximum atomic E-state index is 14.4. The first-order valence-corrected chi connectivity index (χ1v) is 15.0. The predicted molar refractivity (Wildman–Crippen MR) is 171 cm³/mol. The van der Waals surface area contributed by atoms with E-state index < -0.39 is 12.0 Å². The van der Waals surface area contributed by atoms with Crippen LogP contribution in [0.4, 0.5) is 15.8 Å². The zero-order valence-electron chi connectivity index (χ0n) is 23.7. The fraction of sp³-hybridized carbons (Fsp3) is 0.143. The number of fused-ring (bicyclic) bond motifs is 4. The molecule has 0 aliphatic carbocycles. The van der Waals surface area contributed by atoms with Crippen molar-refractivity contribution in [3.63, 3.8) is 0 Å². The number of nitrogens with one attached hydrogen (secondary N) is 1. The SMILES string of the molecule is Cc1cccc(F)c1NC(=O)c1cc2c(s1)-c1ccccc1N(C(O)c1cccc(-c3cn(C)c4ccccc34)n1)CC2. The number of nitrogens with zero attached hydrogens (tertiary/aromatic N) is 3. The second kappa shape index (κ2) is 10.8. The molecule has 1 unspecified atom stereocenters. The lowest BCUT2D eigenvalue weighted by molar-refractivity contribution is 0.103. The molecule has 1 aliphatic heterocycles. The van der Waals surface area contributed by atoms with Crippen molar-refractivity contribution in [1.29, 1.82) is 0 Å². The molecule has 4 heterocycles. The molecule has 7 rings (SSSR count). The smallest absolute Gasteiger partial charge is 0.265 e. The summed E-state index contributed by atoms with van der Waals surface area (Å²) in [5.74, 6) is -0.797. The van der Waals surface area contributed by atoms with Gasteiger partial charge in [0.2, 0.25) is 0 Å². The summed E-state index contributed by atoms with van der Waals surface area (Å²) in [5, 5.41) is 15.6. The highest BCUT2D eigenvalue weighted by molar-refractivity contribution is 7.17. The van der Waals surface area contributed by atoms with Gasteiger partial charge in [-0.05, 0) is 60.9 Å². The first kappa shape index (κ1) is 27.1. The number of amides is 1. The molecular weight excluding hydrogens is 559 g/mol. The van der Waals surface area contributed by atoms with Crippen LogP contribution in [0.2, 0.25) is 0 Å². The normalized spacial score (nSPS) is 13.3. The molecule has 1 aliphatic rings. The van der Waals surface area contributed by atoms with Crippen LogP contribution in [0, 0.1) is 12.7 Å². The summed E-state index contributed by atoms with van der Waals surface area (Å²) >= 11 is 1.38. The fourth-order valence-electron chi connectivity index (χ4n) is 5.90. The van der Waals surface area contributed by atoms with E-state index in [2.05, 4.69) is 28.2 Å². The molecule has 6 nitrogen and oxygen atoms in total. The molecule has 0 fully saturated rings. The summed E-state index contributed by atoms with van der Waals surface area (Å²) in [5.41, 5.74) is 7.18. The number of aromatic nitrogens is 2. The summed E-state index contributed by atoms with van der Waals surface area (Å²) in [4.78, 5) is 21.6. The number of rotatable bonds is 5. The van der Waals surface area contributed by atoms with Crippen LogP contribution in [0.3, 0.4) is 0 Å². The van der Waals surface area contributed by atoms with Crippen molar-refractivity contribution < 1.29 is 14.3 Å². The fourth-order valence-corrected chi connectivity index (χ4v) is 7.04. The lowest BCUT2D eigenvalue weighted by Gasteiger charge is -2.30. The maximum absolute atomic E-state index is 14.4. The molecule has 2 N–H and O–H groups in total. The average Bonchev–Trinajstić information content (AvgIpc) is 3.56. The largest absolute Gasteiger partial charge is 0.368 e. The van der Waals surface area contributed by atoms with Crippen LogP contribution in [-0.4, -0.2) is 27.1 Å². The van der Waals surface area contributed by atoms with Gasteiger partial charge >= 0.3 is 0 Å². The molecule has 1 amide bonds. The van der Waals surface area contributed by atoms with Crippen LogP contribution in [0.15, 0.2) is 97.2 Å². The number of hydrogen-bond acceptors (Lipinski definition) is 5. The monoisotopic (exact) mass is 588 g/mol. The second-order valence-electron chi connectivity index (χ2n) is 10.8. The van der Waals surface area contributed by atoms with Crippen molar-refractivity contribution in [2.75, 3.05) is 16.8 Å². The van der Waals surface area contributed by atoms with Crippen molar-refractivity contribution in [2.45, 2.75) is 19.6 Å². The number of para-hydroxylation sites is 3. The lowest BCUT2D eigenvalue weighted by Crippen LogP contribution is -2.30. The number of aliphatic hydroxyl groups is 1. The minimum atomic E-state index is -0.975. The molecule has 0 bridgehead atoms. The van der Waals surface area contributed by atoms with E-state index >= 15 is 0 Å². The first-order valence-electron chi connectivity index (χ1n) is 14.1. The number of benzene rings is 3. The average molecular weight is 589 g/mol. The van der Waals surface area contributed by atoms with Crippen LogP contribution >= 0.6 is 11.3 Å². The summed E-state index contributed by atoms with van der Waals surface area (Å²) in [7, 11) is 2.02. The minimum Gasteiger partial charge on any atom is -0.368 e. The number of halogens is 1. The zero-order valence-corrected chi connectivity index (χ0v) is 24.5. The molecule has 43 heavy (non-hydrogen) atoms. The summed E-state index contributed by atoms with van der Waals surface area (Å²) in [6, 6.07) is 28.5. The summed E-state index contributed by atoms with van der Waals surface area (Å²) in [6.45, 7) is 2.29. The summed E-state index contributed by atoms with van der Waals surface area (Å²) in [6.07, 6.45) is 1.72. The Morgan fingerprint density at radius 2 is 1.79 bits per heavy atom. The highest BCUT2D eigenvalue weighted by atomic mass is 32.1. The molecule has 0 radical (unpaired) electrons. The Balaban J connectivity index is 1.21. The number of aliphatic hydroxyl groups excluding tert-OH is 1. The first-order chi connectivity index (χ1) is 20.9. The standard InChI is InChI=1S/C35H29FN4O2S/c1-21-9-7-12-26(36)32(21)38-34(41)31-19-22-17-18-40(30-16-6-4-11-24(30)33(22)43-31)35(42)28-14-8-13-27(37-28)25-20-39(2)29-15-5-3-10-23(25)29/h3-16,19-20,35,42H,17-18H2,1-2H3,(H,38,41). The molecular formula is C35H29FN4O2S. The van der Waals surface area contributed by atoms with E-state index in [-0.39, 0.29) is 11.6 Å². The van der Waals surface area contributed by atoms with E-state index in [4.69, 9.17) is 4.98 Å². The van der Waals surface area contributed by atoms with Gasteiger partial charge in [0.15, 0.2) is 6.23 Å². The number of carbonyl (C=O) groups is 1. The Morgan fingerprint density at radius 3 is 2.65 bits per heavy atom. The second-order valence-corrected chi connectivity index (χ2v) is 11.9. The molecule has 1 atom stereocenters. The van der Waals surface area contributed by atoms with E-state index in [1.165, 1.54) is 17.4 Å². The van der Waals surface area contributed by atoms with E-state index in [1.54, 1.807) is 19.1 Å². The van der Waals surface area contributed by atoms with Crippen molar-refractivity contribution in [3.05, 3.63) is 125 Å². The molecule has 0 saturated carbocycles. The molecule has 8 heteroatoms. The molecule has 3 aromatic heterocycles. The lowest BCUT2D eigenvalue weighted by atomic mass is 10.1. The van der Waals surface area contributed by atoms with Gasteiger partial charge in [-0.25, -0.2) is 9.37 Å². The third-order valence-electron chi connectivity index (χ3n) is 8.08. The molecule has 0 saturated heterocycles.